The average molecular weight is 391 g/mol. The number of furan rings is 1. The zero-order valence-corrected chi connectivity index (χ0v) is 16.1. The smallest absolute Gasteiger partial charge is 0.289 e. The highest BCUT2D eigenvalue weighted by atomic mass is 16.3. The predicted octanol–water partition coefficient (Wildman–Crippen LogP) is 2.54. The van der Waals surface area contributed by atoms with E-state index in [1.54, 1.807) is 34.1 Å². The van der Waals surface area contributed by atoms with Crippen molar-refractivity contribution in [2.45, 2.75) is 6.92 Å². The van der Waals surface area contributed by atoms with Gasteiger partial charge in [0.25, 0.3) is 17.4 Å². The van der Waals surface area contributed by atoms with E-state index >= 15 is 0 Å². The van der Waals surface area contributed by atoms with Crippen molar-refractivity contribution in [3.8, 4) is 11.3 Å². The molecule has 0 atom stereocenters. The normalized spacial score (nSPS) is 14.1. The van der Waals surface area contributed by atoms with Crippen LogP contribution in [-0.2, 0) is 0 Å². The number of nitrogens with one attached hydrogen (secondary N) is 1. The van der Waals surface area contributed by atoms with Crippen molar-refractivity contribution >= 4 is 11.8 Å². The maximum atomic E-state index is 12.8. The largest absolute Gasteiger partial charge is 0.459 e. The van der Waals surface area contributed by atoms with E-state index in [0.717, 1.165) is 11.1 Å². The fraction of sp³-hybridized carbons (Fsp3) is 0.227. The number of aryl methyl sites for hydroxylation is 1. The van der Waals surface area contributed by atoms with Crippen LogP contribution in [-0.4, -0.2) is 52.8 Å². The van der Waals surface area contributed by atoms with Crippen LogP contribution in [0.2, 0.25) is 0 Å². The molecule has 4 rings (SSSR count). The molecule has 2 aromatic heterocycles. The molecule has 0 bridgehead atoms. The van der Waals surface area contributed by atoms with Gasteiger partial charge in [-0.2, -0.15) is 0 Å². The number of aromatic nitrogens is 1. The van der Waals surface area contributed by atoms with Crippen LogP contribution < -0.4 is 5.56 Å². The van der Waals surface area contributed by atoms with Gasteiger partial charge in [0.1, 0.15) is 5.56 Å². The molecule has 7 nitrogen and oxygen atoms in total. The van der Waals surface area contributed by atoms with Gasteiger partial charge in [0, 0.05) is 31.9 Å². The van der Waals surface area contributed by atoms with Crippen molar-refractivity contribution in [3.05, 3.63) is 82.0 Å². The molecule has 1 N–H and O–H groups in total. The fourth-order valence-corrected chi connectivity index (χ4v) is 3.46. The van der Waals surface area contributed by atoms with Crippen molar-refractivity contribution in [1.82, 2.24) is 14.8 Å². The fourth-order valence-electron chi connectivity index (χ4n) is 3.46. The van der Waals surface area contributed by atoms with E-state index in [9.17, 15) is 14.4 Å². The van der Waals surface area contributed by atoms with Crippen LogP contribution >= 0.6 is 0 Å². The van der Waals surface area contributed by atoms with Crippen LogP contribution in [0.1, 0.15) is 26.5 Å². The predicted molar refractivity (Wildman–Crippen MR) is 108 cm³/mol. The quantitative estimate of drug-likeness (QED) is 0.743. The number of H-pyrrole nitrogens is 1. The summed E-state index contributed by atoms with van der Waals surface area (Å²) in [6, 6.07) is 14.4. The van der Waals surface area contributed by atoms with Gasteiger partial charge in [0.05, 0.1) is 6.26 Å². The Bertz CT molecular complexity index is 1090. The molecule has 1 aromatic carbocycles. The number of piperazine rings is 1. The minimum absolute atomic E-state index is 0.104. The van der Waals surface area contributed by atoms with Gasteiger partial charge in [-0.3, -0.25) is 14.4 Å². The summed E-state index contributed by atoms with van der Waals surface area (Å²) in [4.78, 5) is 43.7. The number of hydrogen-bond donors (Lipinski definition) is 1. The zero-order chi connectivity index (χ0) is 20.4. The number of pyridine rings is 1. The lowest BCUT2D eigenvalue weighted by atomic mass is 10.1. The van der Waals surface area contributed by atoms with Crippen molar-refractivity contribution in [3.63, 3.8) is 0 Å². The molecule has 3 aromatic rings. The minimum atomic E-state index is -0.414. The summed E-state index contributed by atoms with van der Waals surface area (Å²) in [5.74, 6) is -0.234. The van der Waals surface area contributed by atoms with Gasteiger partial charge >= 0.3 is 0 Å². The van der Waals surface area contributed by atoms with Crippen LogP contribution in [0.25, 0.3) is 11.3 Å². The molecule has 0 unspecified atom stereocenters. The van der Waals surface area contributed by atoms with Gasteiger partial charge in [-0.1, -0.05) is 23.8 Å². The van der Waals surface area contributed by atoms with Gasteiger partial charge < -0.3 is 19.2 Å². The summed E-state index contributed by atoms with van der Waals surface area (Å²) < 4.78 is 5.15. The van der Waals surface area contributed by atoms with Gasteiger partial charge in [0.2, 0.25) is 0 Å². The number of aromatic amines is 1. The van der Waals surface area contributed by atoms with Gasteiger partial charge in [-0.05, 0) is 42.8 Å². The molecule has 7 heteroatoms. The molecule has 3 heterocycles. The van der Waals surface area contributed by atoms with Gasteiger partial charge in [-0.25, -0.2) is 0 Å². The topological polar surface area (TPSA) is 86.6 Å². The van der Waals surface area contributed by atoms with E-state index in [2.05, 4.69) is 4.98 Å². The first-order valence-corrected chi connectivity index (χ1v) is 9.45. The first-order chi connectivity index (χ1) is 14.0. The molecule has 1 fully saturated rings. The molecule has 0 saturated carbocycles. The van der Waals surface area contributed by atoms with Crippen molar-refractivity contribution in [2.24, 2.45) is 0 Å². The number of carbonyl (C=O) groups is 2. The monoisotopic (exact) mass is 391 g/mol. The number of benzene rings is 1. The molecule has 0 spiro atoms. The summed E-state index contributed by atoms with van der Waals surface area (Å²) in [7, 11) is 0. The lowest BCUT2D eigenvalue weighted by molar-refractivity contribution is 0.0517. The third kappa shape index (κ3) is 3.85. The summed E-state index contributed by atoms with van der Waals surface area (Å²) in [5, 5.41) is 0. The molecule has 0 aliphatic carbocycles. The van der Waals surface area contributed by atoms with Crippen LogP contribution in [0.4, 0.5) is 0 Å². The molecular formula is C22H21N3O4. The number of nitrogens with zero attached hydrogens (tertiary/aromatic N) is 2. The molecule has 1 aliphatic heterocycles. The van der Waals surface area contributed by atoms with Crippen LogP contribution in [0.15, 0.2) is 64.0 Å². The highest BCUT2D eigenvalue weighted by Crippen LogP contribution is 2.18. The van der Waals surface area contributed by atoms with Gasteiger partial charge in [-0.15, -0.1) is 0 Å². The number of carbonyl (C=O) groups excluding carboxylic acids is 2. The highest BCUT2D eigenvalue weighted by Gasteiger charge is 2.27. The second kappa shape index (κ2) is 7.79. The second-order valence-electron chi connectivity index (χ2n) is 7.05. The molecule has 29 heavy (non-hydrogen) atoms. The lowest BCUT2D eigenvalue weighted by Gasteiger charge is -2.34. The van der Waals surface area contributed by atoms with Crippen molar-refractivity contribution in [1.29, 1.82) is 0 Å². The Morgan fingerprint density at radius 3 is 2.28 bits per heavy atom. The second-order valence-corrected chi connectivity index (χ2v) is 7.05. The standard InChI is InChI=1S/C22H21N3O4/c1-15-4-2-5-16(14-15)18-8-7-17(20(26)23-18)21(27)24-9-11-25(12-10-24)22(28)19-6-3-13-29-19/h2-8,13-14H,9-12H2,1H3,(H,23,26). The maximum absolute atomic E-state index is 12.8. The Balaban J connectivity index is 1.45. The van der Waals surface area contributed by atoms with E-state index in [1.165, 1.54) is 6.26 Å². The average Bonchev–Trinajstić information content (AvgIpc) is 3.28. The summed E-state index contributed by atoms with van der Waals surface area (Å²) in [6.07, 6.45) is 1.46. The van der Waals surface area contributed by atoms with Crippen LogP contribution in [0.5, 0.6) is 0 Å². The SMILES string of the molecule is Cc1cccc(-c2ccc(C(=O)N3CCN(C(=O)c4ccco4)CC3)c(=O)[nH]2)c1. The third-order valence-corrected chi connectivity index (χ3v) is 5.06. The lowest BCUT2D eigenvalue weighted by Crippen LogP contribution is -2.51. The first-order valence-electron chi connectivity index (χ1n) is 9.45. The highest BCUT2D eigenvalue weighted by molar-refractivity contribution is 5.95. The Kier molecular flexibility index (Phi) is 5.03. The molecule has 2 amide bonds. The Morgan fingerprint density at radius 1 is 0.931 bits per heavy atom. The van der Waals surface area contributed by atoms with E-state index in [0.29, 0.717) is 31.9 Å². The van der Waals surface area contributed by atoms with E-state index < -0.39 is 5.56 Å². The number of amides is 2. The van der Waals surface area contributed by atoms with E-state index in [-0.39, 0.29) is 23.1 Å². The van der Waals surface area contributed by atoms with Crippen LogP contribution in [0, 0.1) is 6.92 Å². The van der Waals surface area contributed by atoms with Gasteiger partial charge in [0.15, 0.2) is 5.76 Å². The molecule has 1 aliphatic rings. The third-order valence-electron chi connectivity index (χ3n) is 5.06. The zero-order valence-electron chi connectivity index (χ0n) is 16.1. The number of rotatable bonds is 3. The number of hydrogen-bond acceptors (Lipinski definition) is 4. The Labute approximate surface area is 167 Å². The summed E-state index contributed by atoms with van der Waals surface area (Å²) in [5.41, 5.74) is 2.34. The Morgan fingerprint density at radius 2 is 1.66 bits per heavy atom. The summed E-state index contributed by atoms with van der Waals surface area (Å²) in [6.45, 7) is 3.50. The molecule has 1 saturated heterocycles. The van der Waals surface area contributed by atoms with Crippen LogP contribution in [0.3, 0.4) is 0 Å². The maximum Gasteiger partial charge on any atom is 0.289 e. The van der Waals surface area contributed by atoms with Crippen molar-refractivity contribution in [2.75, 3.05) is 26.2 Å². The Hall–Kier alpha value is -3.61. The van der Waals surface area contributed by atoms with E-state index in [1.807, 2.05) is 31.2 Å². The molecular weight excluding hydrogens is 370 g/mol. The van der Waals surface area contributed by atoms with Crippen molar-refractivity contribution < 1.29 is 14.0 Å². The molecule has 0 radical (unpaired) electrons. The summed E-state index contributed by atoms with van der Waals surface area (Å²) >= 11 is 0. The van der Waals surface area contributed by atoms with E-state index in [4.69, 9.17) is 4.42 Å². The first kappa shape index (κ1) is 18.7. The minimum Gasteiger partial charge on any atom is -0.459 e. The molecule has 148 valence electrons.